The van der Waals surface area contributed by atoms with Crippen molar-refractivity contribution in [3.8, 4) is 17.0 Å². The van der Waals surface area contributed by atoms with E-state index in [1.54, 1.807) is 18.3 Å². The van der Waals surface area contributed by atoms with Crippen LogP contribution in [0.4, 0.5) is 19.0 Å². The van der Waals surface area contributed by atoms with Crippen molar-refractivity contribution in [1.29, 1.82) is 0 Å². The summed E-state index contributed by atoms with van der Waals surface area (Å²) in [6.07, 6.45) is -2.93. The maximum absolute atomic E-state index is 12.8. The van der Waals surface area contributed by atoms with Gasteiger partial charge in [-0.25, -0.2) is 0 Å². The van der Waals surface area contributed by atoms with E-state index in [1.807, 2.05) is 0 Å². The van der Waals surface area contributed by atoms with Gasteiger partial charge in [-0.1, -0.05) is 0 Å². The second-order valence-corrected chi connectivity index (χ2v) is 6.03. The van der Waals surface area contributed by atoms with E-state index in [1.165, 1.54) is 6.07 Å². The van der Waals surface area contributed by atoms with Crippen LogP contribution >= 0.6 is 0 Å². The molecule has 4 rings (SSSR count). The predicted octanol–water partition coefficient (Wildman–Crippen LogP) is 2.80. The van der Waals surface area contributed by atoms with Crippen LogP contribution in [0.25, 0.3) is 22.2 Å². The smallest absolute Gasteiger partial charge is 0.416 e. The number of fused-ring (bicyclic) bond motifs is 1. The maximum atomic E-state index is 12.8. The molecule has 3 heterocycles. The van der Waals surface area contributed by atoms with E-state index in [0.29, 0.717) is 22.8 Å². The molecule has 0 bridgehead atoms. The molecule has 9 heteroatoms. The molecule has 0 atom stereocenters. The number of aromatic nitrogens is 3. The monoisotopic (exact) mass is 361 g/mol. The minimum Gasteiger partial charge on any atom is -0.507 e. The highest BCUT2D eigenvalue weighted by atomic mass is 19.4. The van der Waals surface area contributed by atoms with Gasteiger partial charge >= 0.3 is 6.18 Å². The lowest BCUT2D eigenvalue weighted by atomic mass is 10.0. The molecule has 3 N–H and O–H groups in total. The molecule has 0 aliphatic carbocycles. The fourth-order valence-electron chi connectivity index (χ4n) is 2.77. The molecule has 1 aliphatic rings. The van der Waals surface area contributed by atoms with Gasteiger partial charge in [0.2, 0.25) is 0 Å². The van der Waals surface area contributed by atoms with E-state index in [4.69, 9.17) is 0 Å². The summed E-state index contributed by atoms with van der Waals surface area (Å²) < 4.78 is 38.4. The summed E-state index contributed by atoms with van der Waals surface area (Å²) in [4.78, 5) is 4.32. The van der Waals surface area contributed by atoms with Crippen LogP contribution in [0, 0.1) is 0 Å². The fraction of sp³-hybridized carbons (Fsp3) is 0.235. The summed E-state index contributed by atoms with van der Waals surface area (Å²) in [5.41, 5.74) is 0.0607. The summed E-state index contributed by atoms with van der Waals surface area (Å²) in [5, 5.41) is 25.3. The minimum atomic E-state index is -4.53. The molecule has 1 saturated heterocycles. The minimum absolute atomic E-state index is 0.167. The van der Waals surface area contributed by atoms with E-state index >= 15 is 0 Å². The van der Waals surface area contributed by atoms with E-state index in [0.717, 1.165) is 19.2 Å². The summed E-state index contributed by atoms with van der Waals surface area (Å²) >= 11 is 0. The summed E-state index contributed by atoms with van der Waals surface area (Å²) in [7, 11) is 0. The first-order valence-corrected chi connectivity index (χ1v) is 7.93. The summed E-state index contributed by atoms with van der Waals surface area (Å²) in [6.45, 7) is 1.61. The van der Waals surface area contributed by atoms with Crippen LogP contribution in [0.5, 0.6) is 5.75 Å². The lowest BCUT2D eigenvalue weighted by molar-refractivity contribution is -0.137. The zero-order valence-corrected chi connectivity index (χ0v) is 13.4. The van der Waals surface area contributed by atoms with Crippen LogP contribution in [0.15, 0.2) is 36.5 Å². The standard InChI is InChI=1S/C17H14F3N5O/c18-17(19,20)9-3-4-11(13(26)6-9)14-12-2-1-5-22-15(12)16(25-24-14)23-10-7-21-8-10/h1-6,10,21,26H,7-8H2,(H,23,25). The van der Waals surface area contributed by atoms with E-state index in [9.17, 15) is 18.3 Å². The topological polar surface area (TPSA) is 83.0 Å². The number of rotatable bonds is 3. The molecule has 0 amide bonds. The van der Waals surface area contributed by atoms with Crippen molar-refractivity contribution in [3.63, 3.8) is 0 Å². The zero-order chi connectivity index (χ0) is 18.3. The molecule has 0 unspecified atom stereocenters. The Bertz CT molecular complexity index is 972. The number of nitrogens with zero attached hydrogens (tertiary/aromatic N) is 3. The van der Waals surface area contributed by atoms with Gasteiger partial charge in [-0.2, -0.15) is 13.2 Å². The van der Waals surface area contributed by atoms with Crippen LogP contribution in [-0.4, -0.2) is 39.4 Å². The van der Waals surface area contributed by atoms with Crippen LogP contribution in [0.3, 0.4) is 0 Å². The molecular weight excluding hydrogens is 347 g/mol. The number of hydrogen-bond donors (Lipinski definition) is 3. The molecule has 0 radical (unpaired) electrons. The number of nitrogens with one attached hydrogen (secondary N) is 2. The first-order valence-electron chi connectivity index (χ1n) is 7.93. The predicted molar refractivity (Wildman–Crippen MR) is 89.7 cm³/mol. The van der Waals surface area contributed by atoms with Gasteiger partial charge in [0, 0.05) is 30.2 Å². The average molecular weight is 361 g/mol. The molecule has 1 aromatic carbocycles. The van der Waals surface area contributed by atoms with Crippen molar-refractivity contribution in [1.82, 2.24) is 20.5 Å². The number of anilines is 1. The zero-order valence-electron chi connectivity index (χ0n) is 13.4. The number of benzene rings is 1. The molecule has 0 saturated carbocycles. The van der Waals surface area contributed by atoms with Crippen molar-refractivity contribution in [3.05, 3.63) is 42.1 Å². The first-order chi connectivity index (χ1) is 12.4. The third-order valence-electron chi connectivity index (χ3n) is 4.24. The molecular formula is C17H14F3N5O. The molecule has 1 fully saturated rings. The van der Waals surface area contributed by atoms with Crippen LogP contribution in [-0.2, 0) is 6.18 Å². The number of aromatic hydroxyl groups is 1. The van der Waals surface area contributed by atoms with Gasteiger partial charge in [0.15, 0.2) is 5.82 Å². The SMILES string of the molecule is Oc1cc(C(F)(F)F)ccc1-c1nnc(NC2CNC2)c2ncccc12. The fourth-order valence-corrected chi connectivity index (χ4v) is 2.77. The van der Waals surface area contributed by atoms with Crippen LogP contribution < -0.4 is 10.6 Å². The normalized spacial score (nSPS) is 15.0. The molecule has 3 aromatic rings. The lowest BCUT2D eigenvalue weighted by Crippen LogP contribution is -2.51. The van der Waals surface area contributed by atoms with Crippen molar-refractivity contribution in [2.45, 2.75) is 12.2 Å². The van der Waals surface area contributed by atoms with Crippen molar-refractivity contribution >= 4 is 16.7 Å². The number of pyridine rings is 1. The highest BCUT2D eigenvalue weighted by molar-refractivity contribution is 5.98. The Balaban J connectivity index is 1.81. The molecule has 0 spiro atoms. The van der Waals surface area contributed by atoms with E-state index < -0.39 is 17.5 Å². The van der Waals surface area contributed by atoms with Gasteiger partial charge in [-0.05, 0) is 30.3 Å². The maximum Gasteiger partial charge on any atom is 0.416 e. The Morgan fingerprint density at radius 3 is 2.62 bits per heavy atom. The summed E-state index contributed by atoms with van der Waals surface area (Å²) in [6, 6.07) is 6.45. The van der Waals surface area contributed by atoms with Gasteiger partial charge in [-0.15, -0.1) is 10.2 Å². The Morgan fingerprint density at radius 1 is 1.15 bits per heavy atom. The number of hydrogen-bond acceptors (Lipinski definition) is 6. The van der Waals surface area contributed by atoms with Gasteiger partial charge in [-0.3, -0.25) is 4.98 Å². The molecule has 134 valence electrons. The molecule has 26 heavy (non-hydrogen) atoms. The molecule has 6 nitrogen and oxygen atoms in total. The first kappa shape index (κ1) is 16.5. The summed E-state index contributed by atoms with van der Waals surface area (Å²) in [5.74, 6) is -0.00886. The highest BCUT2D eigenvalue weighted by Gasteiger charge is 2.31. The van der Waals surface area contributed by atoms with Gasteiger partial charge in [0.05, 0.1) is 11.6 Å². The molecule has 1 aliphatic heterocycles. The molecule has 2 aromatic heterocycles. The van der Waals surface area contributed by atoms with Gasteiger partial charge in [0.1, 0.15) is 17.0 Å². The number of phenolic OH excluding ortho intramolecular Hbond substituents is 1. The van der Waals surface area contributed by atoms with E-state index in [2.05, 4.69) is 25.8 Å². The van der Waals surface area contributed by atoms with Crippen LogP contribution in [0.2, 0.25) is 0 Å². The van der Waals surface area contributed by atoms with Crippen molar-refractivity contribution in [2.75, 3.05) is 18.4 Å². The highest BCUT2D eigenvalue weighted by Crippen LogP contribution is 2.38. The van der Waals surface area contributed by atoms with Crippen molar-refractivity contribution in [2.24, 2.45) is 0 Å². The lowest BCUT2D eigenvalue weighted by Gasteiger charge is -2.28. The second kappa shape index (κ2) is 6.10. The average Bonchev–Trinajstić information content (AvgIpc) is 2.57. The number of phenols is 1. The third kappa shape index (κ3) is 2.90. The number of alkyl halides is 3. The Labute approximate surface area is 146 Å². The quantitative estimate of drug-likeness (QED) is 0.665. The Kier molecular flexibility index (Phi) is 3.87. The Hall–Kier alpha value is -2.94. The van der Waals surface area contributed by atoms with Gasteiger partial charge < -0.3 is 15.7 Å². The third-order valence-corrected chi connectivity index (χ3v) is 4.24. The van der Waals surface area contributed by atoms with Crippen molar-refractivity contribution < 1.29 is 18.3 Å². The largest absolute Gasteiger partial charge is 0.507 e. The number of halogens is 3. The van der Waals surface area contributed by atoms with Gasteiger partial charge in [0.25, 0.3) is 0 Å². The second-order valence-electron chi connectivity index (χ2n) is 6.03. The Morgan fingerprint density at radius 2 is 1.96 bits per heavy atom. The van der Waals surface area contributed by atoms with Crippen LogP contribution in [0.1, 0.15) is 5.56 Å². The van der Waals surface area contributed by atoms with E-state index in [-0.39, 0.29) is 17.3 Å².